The molecule has 0 fully saturated rings. The molecule has 0 saturated carbocycles. The van der Waals surface area contributed by atoms with Gasteiger partial charge in [0.2, 0.25) is 0 Å². The lowest BCUT2D eigenvalue weighted by Gasteiger charge is -2.22. The molecule has 0 radical (unpaired) electrons. The largest absolute Gasteiger partial charge is 0.494 e. The average Bonchev–Trinajstić information content (AvgIpc) is 3.56. The Hall–Kier alpha value is -3.91. The summed E-state index contributed by atoms with van der Waals surface area (Å²) < 4.78 is 60.5. The molecule has 2 atom stereocenters. The second kappa shape index (κ2) is 11.2. The van der Waals surface area contributed by atoms with Crippen LogP contribution in [0.25, 0.3) is 17.2 Å². The van der Waals surface area contributed by atoms with Crippen molar-refractivity contribution in [1.29, 1.82) is 0 Å². The first-order valence-corrected chi connectivity index (χ1v) is 13.4. The second-order valence-corrected chi connectivity index (χ2v) is 10.6. The van der Waals surface area contributed by atoms with Crippen molar-refractivity contribution in [2.45, 2.75) is 37.5 Å². The van der Waals surface area contributed by atoms with Crippen molar-refractivity contribution in [2.24, 2.45) is 0 Å². The molecule has 0 N–H and O–H groups in total. The first-order chi connectivity index (χ1) is 18.2. The van der Waals surface area contributed by atoms with Crippen LogP contribution in [0, 0.1) is 5.82 Å². The van der Waals surface area contributed by atoms with E-state index in [0.29, 0.717) is 35.2 Å². The molecule has 14 heteroatoms. The number of rotatable bonds is 11. The third kappa shape index (κ3) is 5.22. The number of para-hydroxylation sites is 1. The van der Waals surface area contributed by atoms with Gasteiger partial charge in [-0.2, -0.15) is 5.10 Å². The van der Waals surface area contributed by atoms with Gasteiger partial charge in [0, 0.05) is 19.9 Å². The molecule has 3 aromatic heterocycles. The van der Waals surface area contributed by atoms with E-state index >= 15 is 0 Å². The quantitative estimate of drug-likeness (QED) is 0.277. The molecule has 4 aromatic rings. The first-order valence-electron chi connectivity index (χ1n) is 11.6. The van der Waals surface area contributed by atoms with Crippen molar-refractivity contribution < 1.29 is 27.0 Å². The number of aromatic nitrogens is 7. The fourth-order valence-corrected chi connectivity index (χ4v) is 5.41. The summed E-state index contributed by atoms with van der Waals surface area (Å²) in [5, 5.41) is 12.0. The van der Waals surface area contributed by atoms with Gasteiger partial charge < -0.3 is 14.2 Å². The number of hydrogen-bond acceptors (Lipinski definition) is 10. The van der Waals surface area contributed by atoms with E-state index in [1.54, 1.807) is 39.7 Å². The maximum absolute atomic E-state index is 13.7. The second-order valence-electron chi connectivity index (χ2n) is 8.27. The van der Waals surface area contributed by atoms with Crippen molar-refractivity contribution in [3.63, 3.8) is 0 Å². The number of nitrogens with zero attached hydrogens (tertiary/aromatic N) is 7. The summed E-state index contributed by atoms with van der Waals surface area (Å²) in [4.78, 5) is 7.81. The van der Waals surface area contributed by atoms with Crippen LogP contribution in [0.15, 0.2) is 42.9 Å². The summed E-state index contributed by atoms with van der Waals surface area (Å²) in [5.74, 6) is 0.138. The predicted molar refractivity (Wildman–Crippen MR) is 135 cm³/mol. The summed E-state index contributed by atoms with van der Waals surface area (Å²) in [6.45, 7) is 4.06. The maximum atomic E-state index is 13.7. The molecule has 0 spiro atoms. The van der Waals surface area contributed by atoms with E-state index in [1.807, 2.05) is 6.92 Å². The molecule has 0 amide bonds. The van der Waals surface area contributed by atoms with Crippen LogP contribution in [0.3, 0.4) is 0 Å². The molecule has 0 aliphatic carbocycles. The Morgan fingerprint density at radius 1 is 1.03 bits per heavy atom. The summed E-state index contributed by atoms with van der Waals surface area (Å²) in [7, 11) is 0.388. The van der Waals surface area contributed by atoms with Gasteiger partial charge in [0.15, 0.2) is 33.1 Å². The minimum absolute atomic E-state index is 0.0450. The van der Waals surface area contributed by atoms with Gasteiger partial charge in [-0.1, -0.05) is 6.07 Å². The van der Waals surface area contributed by atoms with Crippen LogP contribution in [-0.4, -0.2) is 69.5 Å². The van der Waals surface area contributed by atoms with Crippen LogP contribution in [0.1, 0.15) is 31.6 Å². The minimum Gasteiger partial charge on any atom is -0.494 e. The van der Waals surface area contributed by atoms with Crippen LogP contribution in [0.4, 0.5) is 4.39 Å². The molecule has 12 nitrogen and oxygen atoms in total. The van der Waals surface area contributed by atoms with E-state index in [1.165, 1.54) is 28.3 Å². The first kappa shape index (κ1) is 27.1. The lowest BCUT2D eigenvalue weighted by Crippen LogP contribution is -2.30. The molecule has 4 rings (SSSR count). The fraction of sp³-hybridized carbons (Fsp3) is 0.375. The Bertz CT molecular complexity index is 1480. The van der Waals surface area contributed by atoms with E-state index < -0.39 is 32.8 Å². The summed E-state index contributed by atoms with van der Waals surface area (Å²) >= 11 is 0. The third-order valence-corrected chi connectivity index (χ3v) is 8.06. The Labute approximate surface area is 219 Å². The van der Waals surface area contributed by atoms with Gasteiger partial charge in [-0.05, 0) is 32.0 Å². The lowest BCUT2D eigenvalue weighted by molar-refractivity contribution is 0.0946. The van der Waals surface area contributed by atoms with E-state index in [9.17, 15) is 12.8 Å². The SMILES string of the molecule is CCn1ccc(-c2nnc(CS(=O)(=O)[C@@H](C)[C@H](OC)c3ncc(F)cn3)n2-c2c(OC)cccc2OC)n1. The standard InChI is InChI=1S/C24H28FN7O5S/c1-6-31-11-10-17(30-31)24-29-28-20(32(24)21-18(35-3)8-7-9-19(21)36-4)14-38(33,34)15(2)22(37-5)23-26-12-16(25)13-27-23/h7-13,15,22H,6,14H2,1-5H3/t15-,22-/m0/s1. The molecule has 202 valence electrons. The van der Waals surface area contributed by atoms with Crippen molar-refractivity contribution in [1.82, 2.24) is 34.5 Å². The third-order valence-electron chi connectivity index (χ3n) is 6.02. The van der Waals surface area contributed by atoms with Crippen LogP contribution < -0.4 is 9.47 Å². The van der Waals surface area contributed by atoms with Gasteiger partial charge >= 0.3 is 0 Å². The Morgan fingerprint density at radius 3 is 2.24 bits per heavy atom. The number of sulfone groups is 1. The van der Waals surface area contributed by atoms with Crippen LogP contribution in [-0.2, 0) is 26.9 Å². The number of hydrogen-bond donors (Lipinski definition) is 0. The number of ether oxygens (including phenoxy) is 3. The Morgan fingerprint density at radius 2 is 1.68 bits per heavy atom. The number of aryl methyl sites for hydroxylation is 1. The Balaban J connectivity index is 1.83. The van der Waals surface area contributed by atoms with Crippen LogP contribution >= 0.6 is 0 Å². The predicted octanol–water partition coefficient (Wildman–Crippen LogP) is 2.79. The van der Waals surface area contributed by atoms with Crippen LogP contribution in [0.2, 0.25) is 0 Å². The molecule has 1 aromatic carbocycles. The van der Waals surface area contributed by atoms with Gasteiger partial charge in [0.25, 0.3) is 0 Å². The van der Waals surface area contributed by atoms with E-state index in [2.05, 4.69) is 25.3 Å². The zero-order chi connectivity index (χ0) is 27.4. The van der Waals surface area contributed by atoms with Gasteiger partial charge in [-0.3, -0.25) is 9.25 Å². The summed E-state index contributed by atoms with van der Waals surface area (Å²) in [6.07, 6.45) is 2.66. The molecule has 0 aliphatic rings. The average molecular weight is 546 g/mol. The van der Waals surface area contributed by atoms with Crippen molar-refractivity contribution in [3.05, 3.63) is 60.3 Å². The highest BCUT2D eigenvalue weighted by Gasteiger charge is 2.35. The number of halogens is 1. The molecular formula is C24H28FN7O5S. The number of benzene rings is 1. The molecule has 38 heavy (non-hydrogen) atoms. The highest BCUT2D eigenvalue weighted by molar-refractivity contribution is 7.91. The highest BCUT2D eigenvalue weighted by Crippen LogP contribution is 2.37. The smallest absolute Gasteiger partial charge is 0.189 e. The summed E-state index contributed by atoms with van der Waals surface area (Å²) in [5.41, 5.74) is 0.907. The topological polar surface area (TPSA) is 136 Å². The van der Waals surface area contributed by atoms with Crippen LogP contribution in [0.5, 0.6) is 11.5 Å². The van der Waals surface area contributed by atoms with Gasteiger partial charge in [-0.25, -0.2) is 22.8 Å². The van der Waals surface area contributed by atoms with Crippen molar-refractivity contribution in [3.8, 4) is 28.7 Å². The van der Waals surface area contributed by atoms with E-state index in [-0.39, 0.29) is 11.6 Å². The van der Waals surface area contributed by atoms with E-state index in [4.69, 9.17) is 14.2 Å². The number of methoxy groups -OCH3 is 3. The minimum atomic E-state index is -3.95. The van der Waals surface area contributed by atoms with Gasteiger partial charge in [0.1, 0.15) is 34.7 Å². The maximum Gasteiger partial charge on any atom is 0.189 e. The lowest BCUT2D eigenvalue weighted by atomic mass is 10.2. The molecule has 0 aliphatic heterocycles. The zero-order valence-corrected chi connectivity index (χ0v) is 22.4. The van der Waals surface area contributed by atoms with Gasteiger partial charge in [-0.15, -0.1) is 10.2 Å². The molecule has 3 heterocycles. The molecule has 0 unspecified atom stereocenters. The summed E-state index contributed by atoms with van der Waals surface area (Å²) in [6, 6.07) is 6.96. The fourth-order valence-electron chi connectivity index (χ4n) is 4.00. The van der Waals surface area contributed by atoms with Gasteiger partial charge in [0.05, 0.1) is 31.9 Å². The monoisotopic (exact) mass is 545 g/mol. The van der Waals surface area contributed by atoms with E-state index in [0.717, 1.165) is 12.4 Å². The Kier molecular flexibility index (Phi) is 8.02. The molecule has 0 bridgehead atoms. The van der Waals surface area contributed by atoms with Crippen molar-refractivity contribution >= 4 is 9.84 Å². The normalized spacial score (nSPS) is 13.3. The van der Waals surface area contributed by atoms with Crippen molar-refractivity contribution in [2.75, 3.05) is 21.3 Å². The molecule has 0 saturated heterocycles. The zero-order valence-electron chi connectivity index (χ0n) is 21.6. The molecular weight excluding hydrogens is 517 g/mol. The highest BCUT2D eigenvalue weighted by atomic mass is 32.2.